The molecule has 0 unspecified atom stereocenters. The number of hydrogen-bond donors (Lipinski definition) is 1. The van der Waals surface area contributed by atoms with Crippen molar-refractivity contribution in [3.05, 3.63) is 33.6 Å². The molecule has 0 fully saturated rings. The Balaban J connectivity index is 1.66. The number of nitrogens with zero attached hydrogens (tertiary/aromatic N) is 4. The number of anilines is 1. The molecular formula is C19H23N5O2S. The van der Waals surface area contributed by atoms with Gasteiger partial charge in [0, 0.05) is 30.1 Å². The summed E-state index contributed by atoms with van der Waals surface area (Å²) in [5.74, 6) is -0.0207. The van der Waals surface area contributed by atoms with E-state index in [1.807, 2.05) is 26.8 Å². The fourth-order valence-corrected chi connectivity index (χ4v) is 4.37. The predicted molar refractivity (Wildman–Crippen MR) is 105 cm³/mol. The van der Waals surface area contributed by atoms with Crippen LogP contribution in [-0.4, -0.2) is 39.0 Å². The van der Waals surface area contributed by atoms with Crippen molar-refractivity contribution in [2.75, 3.05) is 18.4 Å². The van der Waals surface area contributed by atoms with Gasteiger partial charge in [0.2, 0.25) is 0 Å². The molecule has 3 aromatic rings. The number of carbonyl (C=O) groups excluding carboxylic acids is 1. The summed E-state index contributed by atoms with van der Waals surface area (Å²) in [7, 11) is 0. The summed E-state index contributed by atoms with van der Waals surface area (Å²) in [5.41, 5.74) is 3.51. The molecule has 0 saturated carbocycles. The first-order valence-corrected chi connectivity index (χ1v) is 10.1. The van der Waals surface area contributed by atoms with E-state index in [0.717, 1.165) is 37.4 Å². The minimum absolute atomic E-state index is 0.179. The number of aryl methyl sites for hydroxylation is 1. The fraction of sp³-hybridized carbons (Fsp3) is 0.474. The largest absolute Gasteiger partial charge is 0.336 e. The van der Waals surface area contributed by atoms with Gasteiger partial charge in [0.05, 0.1) is 22.3 Å². The summed E-state index contributed by atoms with van der Waals surface area (Å²) in [4.78, 5) is 25.8. The van der Waals surface area contributed by atoms with E-state index >= 15 is 0 Å². The Hall–Kier alpha value is -2.32. The van der Waals surface area contributed by atoms with Crippen LogP contribution in [0.2, 0.25) is 0 Å². The van der Waals surface area contributed by atoms with Crippen LogP contribution >= 0.6 is 11.3 Å². The number of fused-ring (bicyclic) bond motifs is 2. The van der Waals surface area contributed by atoms with Crippen LogP contribution in [0.4, 0.5) is 5.13 Å². The summed E-state index contributed by atoms with van der Waals surface area (Å²) in [6, 6.07) is 1.83. The van der Waals surface area contributed by atoms with Crippen molar-refractivity contribution < 1.29 is 9.32 Å². The van der Waals surface area contributed by atoms with E-state index in [9.17, 15) is 4.79 Å². The lowest BCUT2D eigenvalue weighted by molar-refractivity contribution is 0.102. The molecule has 1 aliphatic heterocycles. The summed E-state index contributed by atoms with van der Waals surface area (Å²) in [6.07, 6.45) is 0.928. The predicted octanol–water partition coefficient (Wildman–Crippen LogP) is 3.74. The van der Waals surface area contributed by atoms with Gasteiger partial charge in [0.25, 0.3) is 11.6 Å². The van der Waals surface area contributed by atoms with Crippen LogP contribution in [0.3, 0.4) is 0 Å². The third-order valence-electron chi connectivity index (χ3n) is 4.95. The maximum absolute atomic E-state index is 13.0. The molecule has 3 aromatic heterocycles. The van der Waals surface area contributed by atoms with Crippen molar-refractivity contribution >= 4 is 33.5 Å². The van der Waals surface area contributed by atoms with Gasteiger partial charge in [0.1, 0.15) is 0 Å². The van der Waals surface area contributed by atoms with Crippen LogP contribution in [-0.2, 0) is 13.0 Å². The van der Waals surface area contributed by atoms with Crippen LogP contribution in [0.5, 0.6) is 0 Å². The Morgan fingerprint density at radius 2 is 2.22 bits per heavy atom. The van der Waals surface area contributed by atoms with E-state index in [-0.39, 0.29) is 11.8 Å². The summed E-state index contributed by atoms with van der Waals surface area (Å²) < 4.78 is 5.31. The highest BCUT2D eigenvalue weighted by Crippen LogP contribution is 2.30. The smallest absolute Gasteiger partial charge is 0.259 e. The second-order valence-electron chi connectivity index (χ2n) is 7.16. The standard InChI is InChI=1S/C19H23N5O2S/c1-5-24-7-6-13-15(9-24)27-19(21-13)22-17(25)12-8-14(10(2)3)20-18-16(12)11(4)23-26-18/h8,10H,5-7,9H2,1-4H3,(H,21,22,25). The SMILES string of the molecule is CCN1CCc2nc(NC(=O)c3cc(C(C)C)nc4onc(C)c34)sc2C1. The topological polar surface area (TPSA) is 84.2 Å². The van der Waals surface area contributed by atoms with Gasteiger partial charge in [-0.2, -0.15) is 0 Å². The average Bonchev–Trinajstić information content (AvgIpc) is 3.23. The molecule has 1 amide bonds. The zero-order chi connectivity index (χ0) is 19.1. The van der Waals surface area contributed by atoms with Crippen LogP contribution in [0.15, 0.2) is 10.6 Å². The molecule has 0 bridgehead atoms. The molecule has 0 spiro atoms. The van der Waals surface area contributed by atoms with Gasteiger partial charge >= 0.3 is 0 Å². The first-order valence-electron chi connectivity index (χ1n) is 9.25. The number of likely N-dealkylation sites (N-methyl/N-ethyl adjacent to an activating group) is 1. The average molecular weight is 385 g/mol. The van der Waals surface area contributed by atoms with Gasteiger partial charge in [-0.3, -0.25) is 15.0 Å². The fourth-order valence-electron chi connectivity index (χ4n) is 3.32. The second kappa shape index (κ2) is 7.01. The molecule has 0 aromatic carbocycles. The molecule has 1 N–H and O–H groups in total. The van der Waals surface area contributed by atoms with E-state index in [1.54, 1.807) is 11.3 Å². The van der Waals surface area contributed by atoms with Gasteiger partial charge in [-0.05, 0) is 25.5 Å². The zero-order valence-electron chi connectivity index (χ0n) is 16.0. The Morgan fingerprint density at radius 1 is 1.41 bits per heavy atom. The first-order chi connectivity index (χ1) is 13.0. The number of nitrogens with one attached hydrogen (secondary N) is 1. The lowest BCUT2D eigenvalue weighted by atomic mass is 10.0. The minimum atomic E-state index is -0.200. The van der Waals surface area contributed by atoms with Gasteiger partial charge < -0.3 is 4.52 Å². The van der Waals surface area contributed by atoms with Crippen molar-refractivity contribution in [3.63, 3.8) is 0 Å². The van der Waals surface area contributed by atoms with E-state index in [2.05, 4.69) is 32.3 Å². The molecule has 8 heteroatoms. The van der Waals surface area contributed by atoms with Gasteiger partial charge in [-0.1, -0.05) is 25.9 Å². The van der Waals surface area contributed by atoms with Crippen molar-refractivity contribution in [3.8, 4) is 0 Å². The van der Waals surface area contributed by atoms with Crippen LogP contribution in [0, 0.1) is 6.92 Å². The molecule has 0 aliphatic carbocycles. The number of aromatic nitrogens is 3. The molecule has 142 valence electrons. The normalized spacial score (nSPS) is 14.7. The Kier molecular flexibility index (Phi) is 4.69. The summed E-state index contributed by atoms with van der Waals surface area (Å²) in [5, 5.41) is 8.27. The van der Waals surface area contributed by atoms with Crippen LogP contribution in [0.25, 0.3) is 11.1 Å². The molecule has 0 radical (unpaired) electrons. The van der Waals surface area contributed by atoms with Crippen LogP contribution in [0.1, 0.15) is 59.0 Å². The lowest BCUT2D eigenvalue weighted by Crippen LogP contribution is -2.29. The molecule has 4 heterocycles. The Bertz CT molecular complexity index is 1010. The molecular weight excluding hydrogens is 362 g/mol. The minimum Gasteiger partial charge on any atom is -0.336 e. The van der Waals surface area contributed by atoms with Crippen molar-refractivity contribution in [1.82, 2.24) is 20.0 Å². The maximum Gasteiger partial charge on any atom is 0.259 e. The number of amides is 1. The van der Waals surface area contributed by atoms with E-state index < -0.39 is 0 Å². The maximum atomic E-state index is 13.0. The second-order valence-corrected chi connectivity index (χ2v) is 8.24. The van der Waals surface area contributed by atoms with Crippen molar-refractivity contribution in [2.24, 2.45) is 0 Å². The van der Waals surface area contributed by atoms with Crippen LogP contribution < -0.4 is 5.32 Å². The number of thiazole rings is 1. The monoisotopic (exact) mass is 385 g/mol. The van der Waals surface area contributed by atoms with Crippen molar-refractivity contribution in [1.29, 1.82) is 0 Å². The number of hydrogen-bond acceptors (Lipinski definition) is 7. The van der Waals surface area contributed by atoms with E-state index in [0.29, 0.717) is 27.5 Å². The van der Waals surface area contributed by atoms with Gasteiger partial charge in [-0.25, -0.2) is 9.97 Å². The number of carbonyl (C=O) groups is 1. The molecule has 0 saturated heterocycles. The Morgan fingerprint density at radius 3 is 2.96 bits per heavy atom. The highest BCUT2D eigenvalue weighted by Gasteiger charge is 2.23. The third-order valence-corrected chi connectivity index (χ3v) is 5.95. The van der Waals surface area contributed by atoms with Gasteiger partial charge in [-0.15, -0.1) is 11.3 Å². The molecule has 27 heavy (non-hydrogen) atoms. The summed E-state index contributed by atoms with van der Waals surface area (Å²) >= 11 is 1.56. The van der Waals surface area contributed by atoms with E-state index in [1.165, 1.54) is 4.88 Å². The van der Waals surface area contributed by atoms with E-state index in [4.69, 9.17) is 4.52 Å². The molecule has 1 aliphatic rings. The highest BCUT2D eigenvalue weighted by atomic mass is 32.1. The molecule has 0 atom stereocenters. The quantitative estimate of drug-likeness (QED) is 0.736. The first kappa shape index (κ1) is 18.1. The Labute approximate surface area is 161 Å². The zero-order valence-corrected chi connectivity index (χ0v) is 16.8. The number of rotatable bonds is 4. The molecule has 7 nitrogen and oxygen atoms in total. The number of pyridine rings is 1. The highest BCUT2D eigenvalue weighted by molar-refractivity contribution is 7.15. The molecule has 4 rings (SSSR count). The third kappa shape index (κ3) is 3.35. The van der Waals surface area contributed by atoms with Crippen molar-refractivity contribution in [2.45, 2.75) is 46.6 Å². The lowest BCUT2D eigenvalue weighted by Gasteiger charge is -2.23. The summed E-state index contributed by atoms with van der Waals surface area (Å²) in [6.45, 7) is 11.0. The van der Waals surface area contributed by atoms with Gasteiger partial charge in [0.15, 0.2) is 5.13 Å².